The van der Waals surface area contributed by atoms with Crippen molar-refractivity contribution in [3.05, 3.63) is 22.7 Å². The zero-order valence-electron chi connectivity index (χ0n) is 11.0. The Morgan fingerprint density at radius 3 is 2.65 bits per heavy atom. The lowest BCUT2D eigenvalue weighted by Crippen LogP contribution is -2.44. The lowest BCUT2D eigenvalue weighted by molar-refractivity contribution is -0.140. The largest absolute Gasteiger partial charge is 0.480 e. The second-order valence-electron chi connectivity index (χ2n) is 4.73. The van der Waals surface area contributed by atoms with E-state index in [0.29, 0.717) is 11.5 Å². The van der Waals surface area contributed by atoms with Crippen molar-refractivity contribution >= 4 is 23.5 Å². The van der Waals surface area contributed by atoms with Gasteiger partial charge >= 0.3 is 5.97 Å². The molecule has 1 atom stereocenters. The number of amides is 1. The summed E-state index contributed by atoms with van der Waals surface area (Å²) in [6.45, 7) is 3.47. The maximum atomic E-state index is 12.1. The first-order valence-electron chi connectivity index (χ1n) is 6.03. The highest BCUT2D eigenvalue weighted by Crippen LogP contribution is 2.39. The van der Waals surface area contributed by atoms with E-state index in [1.165, 1.54) is 12.1 Å². The number of ether oxygens (including phenoxy) is 2. The van der Waals surface area contributed by atoms with Gasteiger partial charge in [-0.2, -0.15) is 0 Å². The molecule has 0 bridgehead atoms. The monoisotopic (exact) mass is 299 g/mol. The Balaban J connectivity index is 2.22. The molecule has 0 saturated heterocycles. The van der Waals surface area contributed by atoms with Crippen LogP contribution < -0.4 is 14.8 Å². The Labute approximate surface area is 120 Å². The van der Waals surface area contributed by atoms with Crippen molar-refractivity contribution in [3.63, 3.8) is 0 Å². The molecule has 1 heterocycles. The van der Waals surface area contributed by atoms with Crippen molar-refractivity contribution in [1.82, 2.24) is 5.32 Å². The maximum Gasteiger partial charge on any atom is 0.326 e. The summed E-state index contributed by atoms with van der Waals surface area (Å²) in [6.07, 6.45) is 0. The molecule has 20 heavy (non-hydrogen) atoms. The number of nitrogens with one attached hydrogen (secondary N) is 1. The molecule has 1 aromatic carbocycles. The highest BCUT2D eigenvalue weighted by Gasteiger charge is 2.26. The molecule has 6 nitrogen and oxygen atoms in total. The summed E-state index contributed by atoms with van der Waals surface area (Å²) < 4.78 is 10.3. The number of carboxylic acid groups (broad SMARTS) is 1. The van der Waals surface area contributed by atoms with Gasteiger partial charge in [-0.1, -0.05) is 25.4 Å². The van der Waals surface area contributed by atoms with E-state index >= 15 is 0 Å². The Morgan fingerprint density at radius 1 is 1.35 bits per heavy atom. The molecule has 1 unspecified atom stereocenters. The lowest BCUT2D eigenvalue weighted by Gasteiger charge is -2.18. The van der Waals surface area contributed by atoms with Crippen LogP contribution >= 0.6 is 11.6 Å². The second-order valence-corrected chi connectivity index (χ2v) is 5.13. The molecule has 0 spiro atoms. The molecule has 0 aromatic heterocycles. The molecule has 0 saturated carbocycles. The molecule has 1 aromatic rings. The van der Waals surface area contributed by atoms with Gasteiger partial charge in [-0.05, 0) is 18.1 Å². The zero-order chi connectivity index (χ0) is 14.9. The van der Waals surface area contributed by atoms with Crippen LogP contribution in [0.2, 0.25) is 5.02 Å². The Bertz CT molecular complexity index is 558. The predicted octanol–water partition coefficient (Wildman–Crippen LogP) is 1.91. The molecular weight excluding hydrogens is 286 g/mol. The average Bonchev–Trinajstić information content (AvgIpc) is 2.83. The van der Waals surface area contributed by atoms with Crippen molar-refractivity contribution in [1.29, 1.82) is 0 Å². The highest BCUT2D eigenvalue weighted by atomic mass is 35.5. The van der Waals surface area contributed by atoms with Gasteiger partial charge in [-0.3, -0.25) is 4.79 Å². The van der Waals surface area contributed by atoms with Crippen molar-refractivity contribution in [2.75, 3.05) is 6.79 Å². The second kappa shape index (κ2) is 5.58. The van der Waals surface area contributed by atoms with Gasteiger partial charge in [0, 0.05) is 5.56 Å². The topological polar surface area (TPSA) is 84.9 Å². The first-order valence-corrected chi connectivity index (χ1v) is 6.40. The normalized spacial score (nSPS) is 14.2. The van der Waals surface area contributed by atoms with Crippen molar-refractivity contribution < 1.29 is 24.2 Å². The average molecular weight is 300 g/mol. The minimum Gasteiger partial charge on any atom is -0.480 e. The molecule has 2 rings (SSSR count). The number of hydrogen-bond donors (Lipinski definition) is 2. The summed E-state index contributed by atoms with van der Waals surface area (Å²) in [4.78, 5) is 23.2. The number of carbonyl (C=O) groups excluding carboxylic acids is 1. The van der Waals surface area contributed by atoms with E-state index in [1.807, 2.05) is 0 Å². The van der Waals surface area contributed by atoms with Crippen LogP contribution in [0.15, 0.2) is 12.1 Å². The number of aliphatic carboxylic acids is 1. The van der Waals surface area contributed by atoms with Crippen molar-refractivity contribution in [2.45, 2.75) is 19.9 Å². The van der Waals surface area contributed by atoms with E-state index in [-0.39, 0.29) is 23.3 Å². The van der Waals surface area contributed by atoms with Crippen LogP contribution in [-0.4, -0.2) is 29.8 Å². The molecule has 2 N–H and O–H groups in total. The van der Waals surface area contributed by atoms with E-state index in [1.54, 1.807) is 13.8 Å². The third-order valence-electron chi connectivity index (χ3n) is 2.91. The fraction of sp³-hybridized carbons (Fsp3) is 0.385. The number of hydrogen-bond acceptors (Lipinski definition) is 4. The molecule has 108 valence electrons. The molecule has 1 aliphatic rings. The standard InChI is InChI=1S/C13H14ClNO5/c1-6(2)10(13(17)18)15-12(16)7-3-8(14)11-9(4-7)19-5-20-11/h3-4,6,10H,5H2,1-2H3,(H,15,16)(H,17,18). The fourth-order valence-electron chi connectivity index (χ4n) is 1.84. The number of fused-ring (bicyclic) bond motifs is 1. The minimum absolute atomic E-state index is 0.0455. The predicted molar refractivity (Wildman–Crippen MR) is 71.3 cm³/mol. The summed E-state index contributed by atoms with van der Waals surface area (Å²) in [7, 11) is 0. The third kappa shape index (κ3) is 2.80. The van der Waals surface area contributed by atoms with Gasteiger partial charge < -0.3 is 19.9 Å². The van der Waals surface area contributed by atoms with Gasteiger partial charge in [0.05, 0.1) is 5.02 Å². The molecular formula is C13H14ClNO5. The number of halogens is 1. The van der Waals surface area contributed by atoms with Gasteiger partial charge in [-0.25, -0.2) is 4.79 Å². The van der Waals surface area contributed by atoms with E-state index < -0.39 is 17.9 Å². The van der Waals surface area contributed by atoms with Crippen LogP contribution in [0.1, 0.15) is 24.2 Å². The van der Waals surface area contributed by atoms with Gasteiger partial charge in [0.25, 0.3) is 5.91 Å². The number of benzene rings is 1. The summed E-state index contributed by atoms with van der Waals surface area (Å²) in [6, 6.07) is 1.93. The van der Waals surface area contributed by atoms with Crippen LogP contribution in [0, 0.1) is 5.92 Å². The first-order chi connectivity index (χ1) is 9.40. The molecule has 0 aliphatic carbocycles. The van der Waals surface area contributed by atoms with E-state index in [9.17, 15) is 9.59 Å². The van der Waals surface area contributed by atoms with Crippen LogP contribution in [-0.2, 0) is 4.79 Å². The SMILES string of the molecule is CC(C)C(NC(=O)c1cc(Cl)c2c(c1)OCO2)C(=O)O. The number of carbonyl (C=O) groups is 2. The van der Waals surface area contributed by atoms with Crippen LogP contribution in [0.25, 0.3) is 0 Å². The maximum absolute atomic E-state index is 12.1. The van der Waals surface area contributed by atoms with Crippen molar-refractivity contribution in [2.24, 2.45) is 5.92 Å². The van der Waals surface area contributed by atoms with E-state index in [4.69, 9.17) is 26.2 Å². The first kappa shape index (κ1) is 14.5. The lowest BCUT2D eigenvalue weighted by atomic mass is 10.0. The fourth-order valence-corrected chi connectivity index (χ4v) is 2.10. The minimum atomic E-state index is -1.08. The van der Waals surface area contributed by atoms with E-state index in [2.05, 4.69) is 5.32 Å². The summed E-state index contributed by atoms with van der Waals surface area (Å²) in [5.74, 6) is -1.08. The molecule has 1 aliphatic heterocycles. The molecule has 0 fully saturated rings. The molecule has 7 heteroatoms. The van der Waals surface area contributed by atoms with Crippen molar-refractivity contribution in [3.8, 4) is 11.5 Å². The number of rotatable bonds is 4. The summed E-state index contributed by atoms with van der Waals surface area (Å²) >= 11 is 5.98. The van der Waals surface area contributed by atoms with Crippen LogP contribution in [0.5, 0.6) is 11.5 Å². The van der Waals surface area contributed by atoms with Gasteiger partial charge in [0.1, 0.15) is 6.04 Å². The Hall–Kier alpha value is -1.95. The van der Waals surface area contributed by atoms with Gasteiger partial charge in [-0.15, -0.1) is 0 Å². The van der Waals surface area contributed by atoms with E-state index in [0.717, 1.165) is 0 Å². The summed E-state index contributed by atoms with van der Waals surface area (Å²) in [5, 5.41) is 11.8. The number of carboxylic acids is 1. The highest BCUT2D eigenvalue weighted by molar-refractivity contribution is 6.32. The summed E-state index contributed by atoms with van der Waals surface area (Å²) in [5.41, 5.74) is 0.228. The Morgan fingerprint density at radius 2 is 2.05 bits per heavy atom. The zero-order valence-corrected chi connectivity index (χ0v) is 11.7. The van der Waals surface area contributed by atoms with Crippen LogP contribution in [0.4, 0.5) is 0 Å². The molecule has 0 radical (unpaired) electrons. The quantitative estimate of drug-likeness (QED) is 0.887. The third-order valence-corrected chi connectivity index (χ3v) is 3.19. The van der Waals surface area contributed by atoms with Gasteiger partial charge in [0.15, 0.2) is 11.5 Å². The van der Waals surface area contributed by atoms with Crippen LogP contribution in [0.3, 0.4) is 0 Å². The smallest absolute Gasteiger partial charge is 0.326 e. The Kier molecular flexibility index (Phi) is 4.04. The van der Waals surface area contributed by atoms with Gasteiger partial charge in [0.2, 0.25) is 6.79 Å². The molecule has 1 amide bonds.